The number of benzene rings is 3. The van der Waals surface area contributed by atoms with Crippen LogP contribution < -0.4 is 0 Å². The highest BCUT2D eigenvalue weighted by molar-refractivity contribution is 6.31. The average molecular weight is 305 g/mol. The zero-order chi connectivity index (χ0) is 15.1. The van der Waals surface area contributed by atoms with Crippen molar-refractivity contribution >= 4 is 17.4 Å². The van der Waals surface area contributed by atoms with Crippen LogP contribution in [0, 0.1) is 0 Å². The zero-order valence-corrected chi connectivity index (χ0v) is 12.5. The lowest BCUT2D eigenvalue weighted by atomic mass is 9.74. The molecule has 0 aliphatic heterocycles. The highest BCUT2D eigenvalue weighted by Crippen LogP contribution is 2.41. The summed E-state index contributed by atoms with van der Waals surface area (Å²) in [4.78, 5) is 12.8. The highest BCUT2D eigenvalue weighted by atomic mass is 35.5. The molecule has 1 unspecified atom stereocenters. The van der Waals surface area contributed by atoms with Gasteiger partial charge in [-0.15, -0.1) is 0 Å². The van der Waals surface area contributed by atoms with Gasteiger partial charge in [-0.1, -0.05) is 72.3 Å². The first-order chi connectivity index (χ1) is 10.8. The summed E-state index contributed by atoms with van der Waals surface area (Å²) >= 11 is 6.11. The number of carbonyl (C=O) groups is 1. The van der Waals surface area contributed by atoms with E-state index < -0.39 is 0 Å². The molecule has 0 aromatic heterocycles. The van der Waals surface area contributed by atoms with Crippen molar-refractivity contribution in [1.29, 1.82) is 0 Å². The number of ketones is 1. The Bertz CT molecular complexity index is 868. The van der Waals surface area contributed by atoms with E-state index in [2.05, 4.69) is 12.1 Å². The molecule has 0 amide bonds. The van der Waals surface area contributed by atoms with Crippen LogP contribution in [-0.2, 0) is 0 Å². The van der Waals surface area contributed by atoms with Crippen LogP contribution in [0.2, 0.25) is 5.02 Å². The Balaban J connectivity index is 2.03. The molecule has 0 heterocycles. The normalized spacial score (nSPS) is 16.0. The van der Waals surface area contributed by atoms with Crippen molar-refractivity contribution in [3.8, 4) is 0 Å². The van der Waals surface area contributed by atoms with Crippen molar-refractivity contribution in [2.45, 2.75) is 5.92 Å². The van der Waals surface area contributed by atoms with Gasteiger partial charge in [0.15, 0.2) is 5.78 Å². The molecule has 3 aromatic rings. The van der Waals surface area contributed by atoms with Gasteiger partial charge in [0, 0.05) is 22.1 Å². The Kier molecular flexibility index (Phi) is 3.09. The molecule has 1 aliphatic rings. The molecule has 3 aromatic carbocycles. The maximum absolute atomic E-state index is 12.8. The van der Waals surface area contributed by atoms with Crippen LogP contribution in [0.5, 0.6) is 0 Å². The topological polar surface area (TPSA) is 17.1 Å². The van der Waals surface area contributed by atoms with Gasteiger partial charge in [0.1, 0.15) is 0 Å². The first-order valence-corrected chi connectivity index (χ1v) is 7.61. The quantitative estimate of drug-likeness (QED) is 0.480. The predicted molar refractivity (Wildman–Crippen MR) is 88.7 cm³/mol. The lowest BCUT2D eigenvalue weighted by Gasteiger charge is -2.28. The molecule has 0 bridgehead atoms. The van der Waals surface area contributed by atoms with Gasteiger partial charge in [-0.2, -0.15) is 0 Å². The SMILES string of the molecule is O=C1c2ccccc2C(c2ccccc2)c2ccc(Cl)cc21. The third-order valence-corrected chi connectivity index (χ3v) is 4.46. The number of rotatable bonds is 1. The molecule has 0 saturated carbocycles. The summed E-state index contributed by atoms with van der Waals surface area (Å²) in [6.07, 6.45) is 0. The summed E-state index contributed by atoms with van der Waals surface area (Å²) in [6.45, 7) is 0. The average Bonchev–Trinajstić information content (AvgIpc) is 2.57. The minimum Gasteiger partial charge on any atom is -0.289 e. The number of fused-ring (bicyclic) bond motifs is 2. The molecule has 0 spiro atoms. The lowest BCUT2D eigenvalue weighted by Crippen LogP contribution is -2.20. The van der Waals surface area contributed by atoms with Crippen molar-refractivity contribution in [3.63, 3.8) is 0 Å². The summed E-state index contributed by atoms with van der Waals surface area (Å²) in [7, 11) is 0. The molecule has 0 fully saturated rings. The first-order valence-electron chi connectivity index (χ1n) is 7.24. The molecule has 1 aliphatic carbocycles. The number of hydrogen-bond donors (Lipinski definition) is 0. The van der Waals surface area contributed by atoms with Crippen molar-refractivity contribution in [3.05, 3.63) is 106 Å². The molecule has 0 N–H and O–H groups in total. The van der Waals surface area contributed by atoms with E-state index >= 15 is 0 Å². The molecule has 0 radical (unpaired) electrons. The second-order valence-electron chi connectivity index (χ2n) is 5.49. The molecule has 1 atom stereocenters. The van der Waals surface area contributed by atoms with Gasteiger partial charge in [0.2, 0.25) is 0 Å². The van der Waals surface area contributed by atoms with Gasteiger partial charge < -0.3 is 0 Å². The van der Waals surface area contributed by atoms with Crippen molar-refractivity contribution in [1.82, 2.24) is 0 Å². The van der Waals surface area contributed by atoms with Crippen LogP contribution >= 0.6 is 11.6 Å². The van der Waals surface area contributed by atoms with Gasteiger partial charge in [-0.05, 0) is 28.8 Å². The van der Waals surface area contributed by atoms with Crippen LogP contribution in [0.4, 0.5) is 0 Å². The van der Waals surface area contributed by atoms with E-state index in [1.54, 1.807) is 6.07 Å². The van der Waals surface area contributed by atoms with Crippen LogP contribution in [0.25, 0.3) is 0 Å². The Hall–Kier alpha value is -2.38. The standard InChI is InChI=1S/C20H13ClO/c21-14-10-11-16-18(12-14)20(22)17-9-5-4-8-15(17)19(16)13-6-2-1-3-7-13/h1-12,19H. The van der Waals surface area contributed by atoms with E-state index in [1.807, 2.05) is 54.6 Å². The van der Waals surface area contributed by atoms with Gasteiger partial charge in [0.25, 0.3) is 0 Å². The second kappa shape index (κ2) is 5.11. The van der Waals surface area contributed by atoms with E-state index in [0.717, 1.165) is 16.7 Å². The summed E-state index contributed by atoms with van der Waals surface area (Å²) < 4.78 is 0. The van der Waals surface area contributed by atoms with Crippen LogP contribution in [0.15, 0.2) is 72.8 Å². The maximum atomic E-state index is 12.8. The fourth-order valence-corrected chi connectivity index (χ4v) is 3.42. The molecular weight excluding hydrogens is 292 g/mol. The molecule has 2 heteroatoms. The third-order valence-electron chi connectivity index (χ3n) is 4.22. The third kappa shape index (κ3) is 1.98. The lowest BCUT2D eigenvalue weighted by molar-refractivity contribution is 0.103. The summed E-state index contributed by atoms with van der Waals surface area (Å²) in [6, 6.07) is 23.7. The van der Waals surface area contributed by atoms with Crippen LogP contribution in [-0.4, -0.2) is 5.78 Å². The first kappa shape index (κ1) is 13.3. The van der Waals surface area contributed by atoms with Gasteiger partial charge in [-0.25, -0.2) is 0 Å². The minimum atomic E-state index is 0.0558. The zero-order valence-electron chi connectivity index (χ0n) is 11.8. The summed E-state index contributed by atoms with van der Waals surface area (Å²) in [5, 5.41) is 0.596. The van der Waals surface area contributed by atoms with Crippen LogP contribution in [0.1, 0.15) is 38.5 Å². The maximum Gasteiger partial charge on any atom is 0.193 e. The van der Waals surface area contributed by atoms with E-state index in [-0.39, 0.29) is 11.7 Å². The van der Waals surface area contributed by atoms with Crippen LogP contribution in [0.3, 0.4) is 0 Å². The number of carbonyl (C=O) groups excluding carboxylic acids is 1. The van der Waals surface area contributed by atoms with E-state index in [0.29, 0.717) is 10.6 Å². The minimum absolute atomic E-state index is 0.0558. The fourth-order valence-electron chi connectivity index (χ4n) is 3.25. The second-order valence-corrected chi connectivity index (χ2v) is 5.93. The number of hydrogen-bond acceptors (Lipinski definition) is 1. The van der Waals surface area contributed by atoms with E-state index in [4.69, 9.17) is 11.6 Å². The highest BCUT2D eigenvalue weighted by Gasteiger charge is 2.31. The van der Waals surface area contributed by atoms with Gasteiger partial charge >= 0.3 is 0 Å². The monoisotopic (exact) mass is 304 g/mol. The van der Waals surface area contributed by atoms with Gasteiger partial charge in [0.05, 0.1) is 0 Å². The fraction of sp³-hybridized carbons (Fsp3) is 0.0500. The van der Waals surface area contributed by atoms with E-state index in [9.17, 15) is 4.79 Å². The number of halogens is 1. The molecule has 22 heavy (non-hydrogen) atoms. The smallest absolute Gasteiger partial charge is 0.193 e. The molecular formula is C20H13ClO. The molecule has 4 rings (SSSR count). The van der Waals surface area contributed by atoms with Crippen molar-refractivity contribution in [2.24, 2.45) is 0 Å². The van der Waals surface area contributed by atoms with Crippen molar-refractivity contribution < 1.29 is 4.79 Å². The molecule has 0 saturated heterocycles. The predicted octanol–water partition coefficient (Wildman–Crippen LogP) is 5.06. The Morgan fingerprint density at radius 3 is 2.23 bits per heavy atom. The summed E-state index contributed by atoms with van der Waals surface area (Å²) in [5.41, 5.74) is 4.75. The Morgan fingerprint density at radius 2 is 1.41 bits per heavy atom. The summed E-state index contributed by atoms with van der Waals surface area (Å²) in [5.74, 6) is 0.127. The molecule has 1 nitrogen and oxygen atoms in total. The van der Waals surface area contributed by atoms with E-state index in [1.165, 1.54) is 5.56 Å². The largest absolute Gasteiger partial charge is 0.289 e. The van der Waals surface area contributed by atoms with Crippen molar-refractivity contribution in [2.75, 3.05) is 0 Å². The van der Waals surface area contributed by atoms with Gasteiger partial charge in [-0.3, -0.25) is 4.79 Å². The molecule has 106 valence electrons. The Morgan fingerprint density at radius 1 is 0.727 bits per heavy atom. The Labute approximate surface area is 134 Å².